The van der Waals surface area contributed by atoms with Gasteiger partial charge < -0.3 is 15.0 Å². The summed E-state index contributed by atoms with van der Waals surface area (Å²) >= 11 is 0. The molecule has 0 unspecified atom stereocenters. The van der Waals surface area contributed by atoms with Crippen LogP contribution in [0.3, 0.4) is 0 Å². The predicted molar refractivity (Wildman–Crippen MR) is 91.4 cm³/mol. The van der Waals surface area contributed by atoms with E-state index in [1.165, 1.54) is 0 Å². The lowest BCUT2D eigenvalue weighted by Gasteiger charge is -2.36. The summed E-state index contributed by atoms with van der Waals surface area (Å²) in [5.74, 6) is 2.10. The Morgan fingerprint density at radius 3 is 2.65 bits per heavy atom. The van der Waals surface area contributed by atoms with E-state index >= 15 is 0 Å². The van der Waals surface area contributed by atoms with Crippen LogP contribution in [0.5, 0.6) is 5.75 Å². The first-order chi connectivity index (χ1) is 11.2. The first kappa shape index (κ1) is 16.3. The SMILES string of the molecule is C[C@H]1C[C@@H](C(=O)N2CCC(COc3ccccc3)CC2)CCN1. The minimum absolute atomic E-state index is 0.225. The highest BCUT2D eigenvalue weighted by atomic mass is 16.5. The molecule has 1 N–H and O–H groups in total. The Bertz CT molecular complexity index is 497. The molecule has 126 valence electrons. The fraction of sp³-hybridized carbons (Fsp3) is 0.632. The van der Waals surface area contributed by atoms with Crippen molar-refractivity contribution in [1.29, 1.82) is 0 Å². The highest BCUT2D eigenvalue weighted by Crippen LogP contribution is 2.24. The number of rotatable bonds is 4. The third kappa shape index (κ3) is 4.47. The summed E-state index contributed by atoms with van der Waals surface area (Å²) in [5.41, 5.74) is 0. The minimum Gasteiger partial charge on any atom is -0.493 e. The molecule has 23 heavy (non-hydrogen) atoms. The molecular formula is C19H28N2O2. The minimum atomic E-state index is 0.225. The van der Waals surface area contributed by atoms with Gasteiger partial charge in [-0.2, -0.15) is 0 Å². The van der Waals surface area contributed by atoms with Gasteiger partial charge in [0.1, 0.15) is 5.75 Å². The standard InChI is InChI=1S/C19H28N2O2/c1-15-13-17(7-10-20-15)19(22)21-11-8-16(9-12-21)14-23-18-5-3-2-4-6-18/h2-6,15-17,20H,7-14H2,1H3/t15-,17-/m0/s1. The summed E-state index contributed by atoms with van der Waals surface area (Å²) in [5, 5.41) is 3.42. The van der Waals surface area contributed by atoms with Crippen molar-refractivity contribution in [1.82, 2.24) is 10.2 Å². The maximum absolute atomic E-state index is 12.7. The van der Waals surface area contributed by atoms with E-state index < -0.39 is 0 Å². The van der Waals surface area contributed by atoms with Crippen LogP contribution in [0, 0.1) is 11.8 Å². The molecule has 1 amide bonds. The van der Waals surface area contributed by atoms with Crippen molar-refractivity contribution in [3.8, 4) is 5.75 Å². The fourth-order valence-corrected chi connectivity index (χ4v) is 3.67. The number of carbonyl (C=O) groups is 1. The average Bonchev–Trinajstić information content (AvgIpc) is 2.61. The zero-order valence-electron chi connectivity index (χ0n) is 14.0. The van der Waals surface area contributed by atoms with Gasteiger partial charge >= 0.3 is 0 Å². The molecule has 0 bridgehead atoms. The van der Waals surface area contributed by atoms with Gasteiger partial charge in [-0.15, -0.1) is 0 Å². The molecule has 2 saturated heterocycles. The van der Waals surface area contributed by atoms with Crippen molar-refractivity contribution in [2.45, 2.75) is 38.6 Å². The molecule has 1 aromatic carbocycles. The van der Waals surface area contributed by atoms with Crippen molar-refractivity contribution in [2.75, 3.05) is 26.2 Å². The number of hydrogen-bond acceptors (Lipinski definition) is 3. The third-order valence-corrected chi connectivity index (χ3v) is 5.13. The molecule has 0 radical (unpaired) electrons. The number of nitrogens with zero attached hydrogens (tertiary/aromatic N) is 1. The summed E-state index contributed by atoms with van der Waals surface area (Å²) in [6, 6.07) is 10.5. The van der Waals surface area contributed by atoms with Crippen LogP contribution in [0.1, 0.15) is 32.6 Å². The molecule has 3 rings (SSSR count). The van der Waals surface area contributed by atoms with Gasteiger partial charge in [0.25, 0.3) is 0 Å². The summed E-state index contributed by atoms with van der Waals surface area (Å²) in [7, 11) is 0. The Morgan fingerprint density at radius 2 is 1.96 bits per heavy atom. The van der Waals surface area contributed by atoms with Gasteiger partial charge in [-0.3, -0.25) is 4.79 Å². The number of para-hydroxylation sites is 1. The van der Waals surface area contributed by atoms with Gasteiger partial charge in [-0.25, -0.2) is 0 Å². The van der Waals surface area contributed by atoms with Gasteiger partial charge in [0.15, 0.2) is 0 Å². The van der Waals surface area contributed by atoms with Crippen molar-refractivity contribution in [3.05, 3.63) is 30.3 Å². The Morgan fingerprint density at radius 1 is 1.22 bits per heavy atom. The largest absolute Gasteiger partial charge is 0.493 e. The van der Waals surface area contributed by atoms with E-state index in [-0.39, 0.29) is 5.92 Å². The lowest BCUT2D eigenvalue weighted by molar-refractivity contribution is -0.138. The number of amides is 1. The van der Waals surface area contributed by atoms with E-state index in [9.17, 15) is 4.79 Å². The predicted octanol–water partition coefficient (Wildman–Crippen LogP) is 2.69. The number of ether oxygens (including phenoxy) is 1. The second-order valence-electron chi connectivity index (χ2n) is 6.97. The number of hydrogen-bond donors (Lipinski definition) is 1. The van der Waals surface area contributed by atoms with E-state index in [1.807, 2.05) is 30.3 Å². The highest BCUT2D eigenvalue weighted by molar-refractivity contribution is 5.79. The molecule has 0 aliphatic carbocycles. The lowest BCUT2D eigenvalue weighted by Crippen LogP contribution is -2.47. The zero-order chi connectivity index (χ0) is 16.1. The topological polar surface area (TPSA) is 41.6 Å². The van der Waals surface area contributed by atoms with Gasteiger partial charge in [0.05, 0.1) is 6.61 Å². The molecule has 2 atom stereocenters. The van der Waals surface area contributed by atoms with Crippen LogP contribution in [0.4, 0.5) is 0 Å². The molecule has 4 heteroatoms. The van der Waals surface area contributed by atoms with Crippen molar-refractivity contribution in [2.24, 2.45) is 11.8 Å². The van der Waals surface area contributed by atoms with Crippen LogP contribution < -0.4 is 10.1 Å². The molecule has 1 aromatic rings. The zero-order valence-corrected chi connectivity index (χ0v) is 14.0. The monoisotopic (exact) mass is 316 g/mol. The van der Waals surface area contributed by atoms with Crippen LogP contribution in [-0.2, 0) is 4.79 Å². The average molecular weight is 316 g/mol. The maximum atomic E-state index is 12.7. The molecule has 4 nitrogen and oxygen atoms in total. The number of piperidine rings is 2. The molecule has 2 aliphatic heterocycles. The smallest absolute Gasteiger partial charge is 0.225 e. The molecule has 0 spiro atoms. The van der Waals surface area contributed by atoms with Crippen molar-refractivity contribution in [3.63, 3.8) is 0 Å². The van der Waals surface area contributed by atoms with Gasteiger partial charge in [-0.1, -0.05) is 18.2 Å². The Balaban J connectivity index is 1.42. The van der Waals surface area contributed by atoms with E-state index in [1.54, 1.807) is 0 Å². The fourth-order valence-electron chi connectivity index (χ4n) is 3.67. The van der Waals surface area contributed by atoms with Crippen LogP contribution in [0.2, 0.25) is 0 Å². The molecule has 2 heterocycles. The summed E-state index contributed by atoms with van der Waals surface area (Å²) in [6.07, 6.45) is 4.08. The van der Waals surface area contributed by atoms with E-state index in [0.29, 0.717) is 17.9 Å². The first-order valence-electron chi connectivity index (χ1n) is 8.92. The molecule has 0 aromatic heterocycles. The van der Waals surface area contributed by atoms with Gasteiger partial charge in [0, 0.05) is 25.0 Å². The highest BCUT2D eigenvalue weighted by Gasteiger charge is 2.30. The second kappa shape index (κ2) is 7.82. The number of likely N-dealkylation sites (tertiary alicyclic amines) is 1. The summed E-state index contributed by atoms with van der Waals surface area (Å²) in [6.45, 7) is 5.68. The molecule has 2 aliphatic rings. The Hall–Kier alpha value is -1.55. The Kier molecular flexibility index (Phi) is 5.55. The number of benzene rings is 1. The van der Waals surface area contributed by atoms with E-state index in [2.05, 4.69) is 17.1 Å². The van der Waals surface area contributed by atoms with Gasteiger partial charge in [0.2, 0.25) is 5.91 Å². The summed E-state index contributed by atoms with van der Waals surface area (Å²) < 4.78 is 5.86. The van der Waals surface area contributed by atoms with Crippen LogP contribution in [-0.4, -0.2) is 43.1 Å². The normalized spacial score (nSPS) is 26.0. The molecule has 0 saturated carbocycles. The second-order valence-corrected chi connectivity index (χ2v) is 6.97. The van der Waals surface area contributed by atoms with Crippen molar-refractivity contribution < 1.29 is 9.53 Å². The first-order valence-corrected chi connectivity index (χ1v) is 8.92. The van der Waals surface area contributed by atoms with E-state index in [4.69, 9.17) is 4.74 Å². The van der Waals surface area contributed by atoms with Crippen LogP contribution in [0.25, 0.3) is 0 Å². The number of nitrogens with one attached hydrogen (secondary N) is 1. The van der Waals surface area contributed by atoms with Crippen LogP contribution >= 0.6 is 0 Å². The lowest BCUT2D eigenvalue weighted by atomic mass is 9.90. The van der Waals surface area contributed by atoms with Crippen LogP contribution in [0.15, 0.2) is 30.3 Å². The van der Waals surface area contributed by atoms with Crippen molar-refractivity contribution >= 4 is 5.91 Å². The molecule has 2 fully saturated rings. The third-order valence-electron chi connectivity index (χ3n) is 5.13. The van der Waals surface area contributed by atoms with E-state index in [0.717, 1.165) is 57.7 Å². The maximum Gasteiger partial charge on any atom is 0.225 e. The number of carbonyl (C=O) groups excluding carboxylic acids is 1. The summed E-state index contributed by atoms with van der Waals surface area (Å²) in [4.78, 5) is 14.7. The molecular weight excluding hydrogens is 288 g/mol. The van der Waals surface area contributed by atoms with Gasteiger partial charge in [-0.05, 0) is 57.2 Å². The quantitative estimate of drug-likeness (QED) is 0.928. The Labute approximate surface area is 139 Å².